The topological polar surface area (TPSA) is 276 Å². The maximum Gasteiger partial charge on any atom is 1.00 e. The van der Waals surface area contributed by atoms with Crippen molar-refractivity contribution in [3.63, 3.8) is 0 Å². The number of benzene rings is 3. The van der Waals surface area contributed by atoms with E-state index >= 15 is 4.79 Å². The van der Waals surface area contributed by atoms with Crippen molar-refractivity contribution in [3.8, 4) is 0 Å². The third-order valence-corrected chi connectivity index (χ3v) is 17.2. The summed E-state index contributed by atoms with van der Waals surface area (Å²) in [4.78, 5) is 146. The van der Waals surface area contributed by atoms with Crippen molar-refractivity contribution >= 4 is 59.4 Å². The van der Waals surface area contributed by atoms with E-state index in [0.717, 1.165) is 57.7 Å². The molecule has 4 aliphatic rings. The molecule has 10 atom stereocenters. The standard InChI is InChI=1S/C68H96N10O12.Li/c1-39(75(15)63(87)89-67(9,10)11)55(79)73-53(65(3,4)5)61(85)77-37-45(35-51(77)59(83)71-49-29-21-25-41-23-17-19-27-47(41)49)69-57(81)43-31-33-44(34-32-43)58(82)70-46-36-52(60(84)72-50-30-22-26-42-24-18-20-28-48(42)50)78(38-46)62(86)54(66(6,7)8)74-56(80)40(2)76(16)64(88)90-68(12,13)14;/h17-20,23-24,27-28,31-34,39-40,45-46,49-54H,21-22,25-26,29-30,35-38H2,1-16H3,(H6,69,70,71,72,73,74,79,80,81,82,83,84);/q;+1/p-1/t39-,40-,45-,46-,49+,50+,51-,52-,53+,54+;/m0./s1. The number of nitrogens with one attached hydrogen (secondary N) is 5. The first kappa shape index (κ1) is 72.6. The molecular weight excluding hydrogens is 1160 g/mol. The first-order valence-corrected chi connectivity index (χ1v) is 31.5. The fraction of sp³-hybridized carbons (Fsp3) is 0.588. The number of aryl methyl sites for hydroxylation is 2. The number of carbonyl (C=O) groups excluding carboxylic acids is 10. The molecule has 0 saturated carbocycles. The summed E-state index contributed by atoms with van der Waals surface area (Å²) in [6.45, 7) is 23.7. The van der Waals surface area contributed by atoms with Crippen molar-refractivity contribution in [3.05, 3.63) is 111 Å². The van der Waals surface area contributed by atoms with Gasteiger partial charge in [0.25, 0.3) is 11.8 Å². The van der Waals surface area contributed by atoms with E-state index < -0.39 is 130 Å². The van der Waals surface area contributed by atoms with Gasteiger partial charge in [-0.15, -0.1) is 0 Å². The van der Waals surface area contributed by atoms with Crippen LogP contribution in [0.15, 0.2) is 72.8 Å². The Morgan fingerprint density at radius 2 is 0.934 bits per heavy atom. The number of fused-ring (bicyclic) bond motifs is 2. The second-order valence-corrected chi connectivity index (χ2v) is 28.8. The van der Waals surface area contributed by atoms with Crippen LogP contribution in [0.5, 0.6) is 0 Å². The molecule has 0 bridgehead atoms. The Balaban J connectivity index is 0.0000132. The maximum atomic E-state index is 15.0. The summed E-state index contributed by atoms with van der Waals surface area (Å²) >= 11 is 0. The van der Waals surface area contributed by atoms with Crippen LogP contribution in [0.3, 0.4) is 0 Å². The first-order chi connectivity index (χ1) is 41.9. The molecule has 2 fully saturated rings. The fourth-order valence-corrected chi connectivity index (χ4v) is 11.9. The van der Waals surface area contributed by atoms with E-state index in [4.69, 9.17) is 9.47 Å². The Morgan fingerprint density at radius 1 is 0.538 bits per heavy atom. The van der Waals surface area contributed by atoms with E-state index in [-0.39, 0.29) is 68.0 Å². The van der Waals surface area contributed by atoms with E-state index in [9.17, 15) is 43.2 Å². The molecule has 7 rings (SSSR count). The Morgan fingerprint density at radius 3 is 1.33 bits per heavy atom. The molecule has 3 aromatic rings. The second-order valence-electron chi connectivity index (χ2n) is 28.8. The van der Waals surface area contributed by atoms with Gasteiger partial charge in [0.2, 0.25) is 29.5 Å². The quantitative estimate of drug-likeness (QED) is 0.121. The van der Waals surface area contributed by atoms with Crippen molar-refractivity contribution in [1.29, 1.82) is 0 Å². The average Bonchev–Trinajstić information content (AvgIpc) is 1.73. The van der Waals surface area contributed by atoms with Gasteiger partial charge in [0.05, 0.1) is 24.0 Å². The molecule has 2 aliphatic heterocycles. The number of hydrogen-bond acceptors (Lipinski definition) is 12. The van der Waals surface area contributed by atoms with Gasteiger partial charge in [-0.3, -0.25) is 38.5 Å². The van der Waals surface area contributed by atoms with Crippen molar-refractivity contribution in [1.82, 2.24) is 46.2 Å². The van der Waals surface area contributed by atoms with Gasteiger partial charge in [0.1, 0.15) is 35.4 Å². The third-order valence-electron chi connectivity index (χ3n) is 17.2. The molecule has 0 aromatic heterocycles. The molecule has 10 amide bonds. The SMILES string of the molecule is C[C@@H](C(=O)[N-][C@H](C(=O)N1C[C@@H](NC(=O)c2ccc(C(=O)N[C@H]3C[C@@H](C(=O)N[C@@H]4CCCc5ccccc54)N(C(=O)[C@@H](NC(=O)[C@H](C)N(C)C(=O)OC(C)(C)C)C(C)(C)C)C3)cc2)C[C@H]1C(=O)N[C@@H]1CCCc2ccccc21)C(C)(C)C)N(C)C(=O)OC(C)(C)C.[Li+]. The number of nitrogens with zero attached hydrogens (tertiary/aromatic N) is 5. The normalized spacial score (nSPS) is 21.1. The monoisotopic (exact) mass is 1250 g/mol. The maximum absolute atomic E-state index is 15.0. The van der Waals surface area contributed by atoms with E-state index in [1.165, 1.54) is 62.0 Å². The number of rotatable bonds is 16. The number of likely N-dealkylation sites (N-methyl/N-ethyl adjacent to an activating group) is 2. The number of ether oxygens (including phenoxy) is 2. The molecule has 3 aromatic carbocycles. The van der Waals surface area contributed by atoms with Crippen LogP contribution in [0.1, 0.15) is 191 Å². The average molecular weight is 1250 g/mol. The fourth-order valence-electron chi connectivity index (χ4n) is 11.9. The van der Waals surface area contributed by atoms with Crippen LogP contribution < -0.4 is 45.4 Å². The van der Waals surface area contributed by atoms with Crippen LogP contribution >= 0.6 is 0 Å². The third kappa shape index (κ3) is 18.4. The molecule has 0 radical (unpaired) electrons. The molecule has 0 unspecified atom stereocenters. The van der Waals surface area contributed by atoms with Crippen LogP contribution in [0.2, 0.25) is 0 Å². The van der Waals surface area contributed by atoms with E-state index in [0.29, 0.717) is 12.8 Å². The van der Waals surface area contributed by atoms with Crippen LogP contribution in [0, 0.1) is 10.8 Å². The summed E-state index contributed by atoms with van der Waals surface area (Å²) < 4.78 is 11.0. The van der Waals surface area contributed by atoms with Gasteiger partial charge in [-0.25, -0.2) is 9.59 Å². The van der Waals surface area contributed by atoms with Gasteiger partial charge < -0.3 is 60.9 Å². The molecule has 23 heteroatoms. The summed E-state index contributed by atoms with van der Waals surface area (Å²) in [6.07, 6.45) is 3.38. The van der Waals surface area contributed by atoms with Crippen molar-refractivity contribution in [2.24, 2.45) is 10.8 Å². The minimum absolute atomic E-state index is 0. The molecule has 0 spiro atoms. The van der Waals surface area contributed by atoms with Gasteiger partial charge in [-0.1, -0.05) is 90.1 Å². The number of hydrogen-bond donors (Lipinski definition) is 5. The largest absolute Gasteiger partial charge is 1.00 e. The Kier molecular flexibility index (Phi) is 23.5. The minimum Gasteiger partial charge on any atom is -0.641 e. The first-order valence-electron chi connectivity index (χ1n) is 31.5. The predicted molar refractivity (Wildman–Crippen MR) is 340 cm³/mol. The summed E-state index contributed by atoms with van der Waals surface area (Å²) in [5.41, 5.74) is 1.10. The molecule has 22 nitrogen and oxygen atoms in total. The summed E-state index contributed by atoms with van der Waals surface area (Å²) in [5.74, 6) is -4.44. The van der Waals surface area contributed by atoms with Gasteiger partial charge in [0, 0.05) is 50.4 Å². The molecular formula is C68H95LiN10O12. The smallest absolute Gasteiger partial charge is 0.641 e. The van der Waals surface area contributed by atoms with Crippen molar-refractivity contribution < 1.29 is 76.3 Å². The molecule has 2 aliphatic carbocycles. The van der Waals surface area contributed by atoms with Crippen LogP contribution in [-0.2, 0) is 51.1 Å². The number of amides is 10. The molecule has 2 heterocycles. The zero-order valence-electron chi connectivity index (χ0n) is 56.4. The van der Waals surface area contributed by atoms with E-state index in [2.05, 4.69) is 31.9 Å². The predicted octanol–water partition coefficient (Wildman–Crippen LogP) is 4.83. The van der Waals surface area contributed by atoms with Crippen LogP contribution in [0.25, 0.3) is 5.32 Å². The van der Waals surface area contributed by atoms with Crippen molar-refractivity contribution in [2.45, 2.75) is 220 Å². The Labute approximate surface area is 548 Å². The number of likely N-dealkylation sites (tertiary alicyclic amines) is 2. The zero-order chi connectivity index (χ0) is 66.5. The van der Waals surface area contributed by atoms with Crippen molar-refractivity contribution in [2.75, 3.05) is 27.2 Å². The van der Waals surface area contributed by atoms with Gasteiger partial charge in [-0.05, 0) is 170 Å². The Bertz CT molecular complexity index is 2980. The van der Waals surface area contributed by atoms with Gasteiger partial charge >= 0.3 is 31.0 Å². The van der Waals surface area contributed by atoms with Gasteiger partial charge in [-0.2, -0.15) is 0 Å². The summed E-state index contributed by atoms with van der Waals surface area (Å²) in [5, 5.41) is 19.7. The molecule has 2 saturated heterocycles. The van der Waals surface area contributed by atoms with E-state index in [1.54, 1.807) is 83.1 Å². The minimum atomic E-state index is -1.29. The summed E-state index contributed by atoms with van der Waals surface area (Å²) in [6, 6.07) is 12.8. The van der Waals surface area contributed by atoms with Gasteiger partial charge in [0.15, 0.2) is 0 Å². The van der Waals surface area contributed by atoms with E-state index in [1.807, 2.05) is 48.5 Å². The number of carbonyl (C=O) groups is 10. The molecule has 490 valence electrons. The molecule has 5 N–H and O–H groups in total. The molecule has 91 heavy (non-hydrogen) atoms. The Hall–Kier alpha value is -7.44. The van der Waals surface area contributed by atoms with Crippen LogP contribution in [0.4, 0.5) is 9.59 Å². The zero-order valence-corrected chi connectivity index (χ0v) is 56.4. The second kappa shape index (κ2) is 29.4. The summed E-state index contributed by atoms with van der Waals surface area (Å²) in [7, 11) is 2.85. The van der Waals surface area contributed by atoms with Crippen LogP contribution in [-0.4, -0.2) is 166 Å².